The van der Waals surface area contributed by atoms with Crippen LogP contribution in [0.25, 0.3) is 11.5 Å². The summed E-state index contributed by atoms with van der Waals surface area (Å²) in [6, 6.07) is 3.65. The van der Waals surface area contributed by atoms with Crippen LogP contribution in [0, 0.1) is 0 Å². The van der Waals surface area contributed by atoms with Crippen molar-refractivity contribution in [1.29, 1.82) is 0 Å². The van der Waals surface area contributed by atoms with Crippen LogP contribution < -0.4 is 10.2 Å². The molecule has 1 aliphatic rings. The van der Waals surface area contributed by atoms with Gasteiger partial charge in [0.25, 0.3) is 0 Å². The van der Waals surface area contributed by atoms with Gasteiger partial charge in [0.15, 0.2) is 16.6 Å². The molecule has 1 aliphatic heterocycles. The van der Waals surface area contributed by atoms with Crippen LogP contribution in [-0.4, -0.2) is 48.1 Å². The smallest absolute Gasteiger partial charge is 0.306 e. The van der Waals surface area contributed by atoms with Crippen LogP contribution in [0.1, 0.15) is 12.6 Å². The predicted octanol–water partition coefficient (Wildman–Crippen LogP) is 4.49. The second-order valence-corrected chi connectivity index (χ2v) is 8.35. The fourth-order valence-corrected chi connectivity index (χ4v) is 4.17. The fraction of sp³-hybridized carbons (Fsp3) is 0.211. The lowest BCUT2D eigenvalue weighted by atomic mass is 9.88. The van der Waals surface area contributed by atoms with Crippen molar-refractivity contribution in [3.63, 3.8) is 0 Å². The highest BCUT2D eigenvalue weighted by Gasteiger charge is 2.60. The molecule has 0 unspecified atom stereocenters. The van der Waals surface area contributed by atoms with Crippen LogP contribution in [0.4, 0.5) is 29.3 Å². The molecule has 0 bridgehead atoms. The molecule has 0 saturated carbocycles. The van der Waals surface area contributed by atoms with Gasteiger partial charge in [-0.1, -0.05) is 23.2 Å². The SMILES string of the molecule is C[C@@]1(C(F)(F)F)CN(C(=O)Nc2cnc(-n3cccn3)c(Cl)c2)c2cnc3cc(Cl)nn3c21. The Morgan fingerprint density at radius 3 is 2.67 bits per heavy atom. The average Bonchev–Trinajstić information content (AvgIpc) is 3.45. The number of anilines is 2. The highest BCUT2D eigenvalue weighted by Crippen LogP contribution is 2.50. The zero-order valence-corrected chi connectivity index (χ0v) is 18.2. The third-order valence-corrected chi connectivity index (χ3v) is 5.85. The minimum atomic E-state index is -4.68. The fourth-order valence-electron chi connectivity index (χ4n) is 3.74. The van der Waals surface area contributed by atoms with Crippen molar-refractivity contribution < 1.29 is 18.0 Å². The summed E-state index contributed by atoms with van der Waals surface area (Å²) in [6.07, 6.45) is 1.04. The first kappa shape index (κ1) is 21.5. The Bertz CT molecular complexity index is 1390. The number of urea groups is 1. The molecule has 0 spiro atoms. The lowest BCUT2D eigenvalue weighted by Crippen LogP contribution is -2.46. The summed E-state index contributed by atoms with van der Waals surface area (Å²) in [7, 11) is 0. The maximum absolute atomic E-state index is 14.2. The van der Waals surface area contributed by atoms with Gasteiger partial charge in [-0.2, -0.15) is 23.4 Å². The van der Waals surface area contributed by atoms with Gasteiger partial charge >= 0.3 is 12.2 Å². The molecule has 0 radical (unpaired) electrons. The normalized spacial score (nSPS) is 18.1. The number of amides is 2. The van der Waals surface area contributed by atoms with E-state index in [4.69, 9.17) is 23.2 Å². The van der Waals surface area contributed by atoms with Gasteiger partial charge in [-0.05, 0) is 19.1 Å². The van der Waals surface area contributed by atoms with Crippen LogP contribution in [0.5, 0.6) is 0 Å². The van der Waals surface area contributed by atoms with E-state index >= 15 is 0 Å². The zero-order chi connectivity index (χ0) is 23.5. The summed E-state index contributed by atoms with van der Waals surface area (Å²) in [6.45, 7) is 0.327. The van der Waals surface area contributed by atoms with Crippen molar-refractivity contribution >= 4 is 46.3 Å². The van der Waals surface area contributed by atoms with Crippen molar-refractivity contribution in [3.05, 3.63) is 58.9 Å². The number of carbonyl (C=O) groups is 1. The van der Waals surface area contributed by atoms with E-state index in [0.29, 0.717) is 5.82 Å². The number of halogens is 5. The summed E-state index contributed by atoms with van der Waals surface area (Å²) in [4.78, 5) is 22.3. The Morgan fingerprint density at radius 2 is 2.00 bits per heavy atom. The Kier molecular flexibility index (Phi) is 4.76. The van der Waals surface area contributed by atoms with Crippen molar-refractivity contribution in [2.75, 3.05) is 16.8 Å². The number of pyridine rings is 1. The number of aromatic nitrogens is 6. The third kappa shape index (κ3) is 3.37. The van der Waals surface area contributed by atoms with Crippen molar-refractivity contribution in [1.82, 2.24) is 29.4 Å². The van der Waals surface area contributed by atoms with Crippen LogP contribution in [-0.2, 0) is 5.41 Å². The first-order chi connectivity index (χ1) is 15.6. The van der Waals surface area contributed by atoms with E-state index in [0.717, 1.165) is 16.3 Å². The second-order valence-electron chi connectivity index (χ2n) is 7.56. The second kappa shape index (κ2) is 7.32. The Balaban J connectivity index is 1.51. The molecule has 1 N–H and O–H groups in total. The maximum atomic E-state index is 14.2. The molecule has 4 aromatic heterocycles. The van der Waals surface area contributed by atoms with Gasteiger partial charge in [-0.15, -0.1) is 0 Å². The first-order valence-electron chi connectivity index (χ1n) is 9.44. The zero-order valence-electron chi connectivity index (χ0n) is 16.7. The number of alkyl halides is 3. The molecule has 14 heteroatoms. The highest BCUT2D eigenvalue weighted by molar-refractivity contribution is 6.32. The molecule has 0 fully saturated rings. The topological polar surface area (TPSA) is 93.2 Å². The van der Waals surface area contributed by atoms with Gasteiger partial charge in [-0.3, -0.25) is 4.90 Å². The Hall–Kier alpha value is -3.38. The largest absolute Gasteiger partial charge is 0.401 e. The Morgan fingerprint density at radius 1 is 1.21 bits per heavy atom. The minimum absolute atomic E-state index is 0.0127. The lowest BCUT2D eigenvalue weighted by molar-refractivity contribution is -0.181. The molecular formula is C19H13Cl2F3N8O. The number of carbonyl (C=O) groups excluding carboxylic acids is 1. The van der Waals surface area contributed by atoms with Gasteiger partial charge in [0, 0.05) is 25.0 Å². The minimum Gasteiger partial charge on any atom is -0.306 e. The summed E-state index contributed by atoms with van der Waals surface area (Å²) in [5.41, 5.74) is -2.34. The summed E-state index contributed by atoms with van der Waals surface area (Å²) >= 11 is 12.1. The molecular weight excluding hydrogens is 484 g/mol. The van der Waals surface area contributed by atoms with Gasteiger partial charge in [0.05, 0.1) is 34.5 Å². The molecule has 0 saturated heterocycles. The standard InChI is InChI=1S/C19H13Cl2F3N8O/c1-18(19(22,23)24)9-30(12-8-25-14-6-13(21)29-32(14)15(12)18)17(33)28-10-5-11(20)16(26-7-10)31-4-2-3-27-31/h2-8H,9H2,1H3,(H,28,33)/t18-/m1/s1. The predicted molar refractivity (Wildman–Crippen MR) is 114 cm³/mol. The molecule has 1 atom stereocenters. The molecule has 170 valence electrons. The molecule has 0 aliphatic carbocycles. The summed E-state index contributed by atoms with van der Waals surface area (Å²) in [5, 5.41) is 10.7. The summed E-state index contributed by atoms with van der Waals surface area (Å²) in [5.74, 6) is 0.331. The van der Waals surface area contributed by atoms with Crippen LogP contribution >= 0.6 is 23.2 Å². The number of nitrogens with one attached hydrogen (secondary N) is 1. The highest BCUT2D eigenvalue weighted by atomic mass is 35.5. The van der Waals surface area contributed by atoms with E-state index in [1.807, 2.05) is 0 Å². The van der Waals surface area contributed by atoms with Crippen LogP contribution in [0.15, 0.2) is 43.0 Å². The number of fused-ring (bicyclic) bond motifs is 3. The monoisotopic (exact) mass is 496 g/mol. The third-order valence-electron chi connectivity index (χ3n) is 5.39. The van der Waals surface area contributed by atoms with Crippen molar-refractivity contribution in [2.24, 2.45) is 0 Å². The quantitative estimate of drug-likeness (QED) is 0.441. The van der Waals surface area contributed by atoms with Gasteiger partial charge in [0.1, 0.15) is 5.41 Å². The number of rotatable bonds is 2. The van der Waals surface area contributed by atoms with Gasteiger partial charge < -0.3 is 5.32 Å². The van der Waals surface area contributed by atoms with E-state index < -0.39 is 24.2 Å². The average molecular weight is 497 g/mol. The number of nitrogens with zero attached hydrogens (tertiary/aromatic N) is 7. The Labute approximate surface area is 193 Å². The molecule has 0 aromatic carbocycles. The van der Waals surface area contributed by atoms with Crippen LogP contribution in [0.3, 0.4) is 0 Å². The lowest BCUT2D eigenvalue weighted by Gasteiger charge is -2.28. The summed E-state index contributed by atoms with van der Waals surface area (Å²) < 4.78 is 45.0. The molecule has 5 rings (SSSR count). The molecule has 5 heterocycles. The van der Waals surface area contributed by atoms with E-state index in [1.165, 1.54) is 29.2 Å². The molecule has 9 nitrogen and oxygen atoms in total. The first-order valence-corrected chi connectivity index (χ1v) is 10.2. The van der Waals surface area contributed by atoms with Gasteiger partial charge in [-0.25, -0.2) is 24.0 Å². The molecule has 2 amide bonds. The van der Waals surface area contributed by atoms with Crippen molar-refractivity contribution in [2.45, 2.75) is 18.5 Å². The van der Waals surface area contributed by atoms with E-state index in [1.54, 1.807) is 18.5 Å². The number of hydrogen-bond donors (Lipinski definition) is 1. The van der Waals surface area contributed by atoms with E-state index in [9.17, 15) is 18.0 Å². The number of hydrogen-bond acceptors (Lipinski definition) is 5. The van der Waals surface area contributed by atoms with E-state index in [2.05, 4.69) is 25.5 Å². The van der Waals surface area contributed by atoms with Crippen molar-refractivity contribution in [3.8, 4) is 5.82 Å². The van der Waals surface area contributed by atoms with E-state index in [-0.39, 0.29) is 32.9 Å². The van der Waals surface area contributed by atoms with Gasteiger partial charge in [0.2, 0.25) is 0 Å². The maximum Gasteiger partial charge on any atom is 0.401 e. The molecule has 4 aromatic rings. The molecule has 33 heavy (non-hydrogen) atoms. The van der Waals surface area contributed by atoms with Crippen LogP contribution in [0.2, 0.25) is 10.2 Å².